The summed E-state index contributed by atoms with van der Waals surface area (Å²) in [7, 11) is 0. The monoisotopic (exact) mass is 373 g/mol. The van der Waals surface area contributed by atoms with Gasteiger partial charge in [0.2, 0.25) is 5.91 Å². The maximum Gasteiger partial charge on any atom is 0.339 e. The van der Waals surface area contributed by atoms with Crippen molar-refractivity contribution in [2.45, 2.75) is 33.0 Å². The minimum Gasteiger partial charge on any atom is -0.505 e. The third-order valence-electron chi connectivity index (χ3n) is 3.58. The predicted octanol–water partition coefficient (Wildman–Crippen LogP) is 3.42. The maximum atomic E-state index is 12.2. The van der Waals surface area contributed by atoms with Crippen molar-refractivity contribution >= 4 is 17.6 Å². The number of hydrogen-bond donors (Lipinski definition) is 3. The Morgan fingerprint density at radius 3 is 2.44 bits per heavy atom. The molecule has 3 N–H and O–H groups in total. The number of ether oxygens (including phenoxy) is 2. The van der Waals surface area contributed by atoms with Crippen molar-refractivity contribution in [2.75, 3.05) is 11.9 Å². The zero-order chi connectivity index (χ0) is 19.8. The van der Waals surface area contributed by atoms with E-state index in [1.54, 1.807) is 13.8 Å². The Bertz CT molecular complexity index is 789. The van der Waals surface area contributed by atoms with Crippen molar-refractivity contribution in [2.24, 2.45) is 0 Å². The summed E-state index contributed by atoms with van der Waals surface area (Å²) < 4.78 is 11.0. The number of aromatic carboxylic acids is 1. The van der Waals surface area contributed by atoms with Crippen LogP contribution in [-0.2, 0) is 16.1 Å². The SMILES string of the molecule is CC(C)Oc1ccc(C(=O)O)c(O)c1NC(=O)CCOCc1ccccc1. The number of carboxylic acids is 1. The summed E-state index contributed by atoms with van der Waals surface area (Å²) in [6.07, 6.45) is -0.171. The summed E-state index contributed by atoms with van der Waals surface area (Å²) in [5, 5.41) is 21.9. The summed E-state index contributed by atoms with van der Waals surface area (Å²) >= 11 is 0. The summed E-state index contributed by atoms with van der Waals surface area (Å²) in [6.45, 7) is 4.13. The van der Waals surface area contributed by atoms with Gasteiger partial charge in [-0.15, -0.1) is 0 Å². The van der Waals surface area contributed by atoms with E-state index >= 15 is 0 Å². The molecule has 27 heavy (non-hydrogen) atoms. The predicted molar refractivity (Wildman–Crippen MR) is 100 cm³/mol. The molecule has 7 nitrogen and oxygen atoms in total. The third-order valence-corrected chi connectivity index (χ3v) is 3.58. The van der Waals surface area contributed by atoms with E-state index in [1.165, 1.54) is 12.1 Å². The van der Waals surface area contributed by atoms with Crippen molar-refractivity contribution in [3.8, 4) is 11.5 Å². The van der Waals surface area contributed by atoms with Gasteiger partial charge in [-0.05, 0) is 31.5 Å². The number of carbonyl (C=O) groups is 2. The highest BCUT2D eigenvalue weighted by molar-refractivity contribution is 5.99. The second-order valence-electron chi connectivity index (χ2n) is 6.14. The van der Waals surface area contributed by atoms with E-state index in [0.29, 0.717) is 6.61 Å². The van der Waals surface area contributed by atoms with Crippen LogP contribution < -0.4 is 10.1 Å². The number of amides is 1. The molecule has 7 heteroatoms. The Labute approximate surface area is 157 Å². The molecule has 0 aliphatic rings. The molecule has 0 bridgehead atoms. The van der Waals surface area contributed by atoms with Gasteiger partial charge in [0.1, 0.15) is 17.0 Å². The molecule has 0 saturated heterocycles. The first-order valence-corrected chi connectivity index (χ1v) is 8.56. The van der Waals surface area contributed by atoms with Crippen LogP contribution in [0, 0.1) is 0 Å². The van der Waals surface area contributed by atoms with E-state index in [-0.39, 0.29) is 36.1 Å². The van der Waals surface area contributed by atoms with Gasteiger partial charge in [-0.1, -0.05) is 30.3 Å². The lowest BCUT2D eigenvalue weighted by atomic mass is 10.1. The molecule has 2 aromatic carbocycles. The Kier molecular flexibility index (Phi) is 7.19. The molecule has 0 aliphatic heterocycles. The van der Waals surface area contributed by atoms with Crippen LogP contribution in [0.1, 0.15) is 36.2 Å². The lowest BCUT2D eigenvalue weighted by Crippen LogP contribution is -2.17. The molecule has 2 aromatic rings. The van der Waals surface area contributed by atoms with Gasteiger partial charge in [-0.25, -0.2) is 4.79 Å². The molecular weight excluding hydrogens is 350 g/mol. The lowest BCUT2D eigenvalue weighted by molar-refractivity contribution is -0.117. The molecule has 0 aliphatic carbocycles. The van der Waals surface area contributed by atoms with Crippen LogP contribution in [-0.4, -0.2) is 34.8 Å². The molecule has 0 unspecified atom stereocenters. The summed E-state index contributed by atoms with van der Waals surface area (Å²) in [4.78, 5) is 23.4. The van der Waals surface area contributed by atoms with E-state index in [2.05, 4.69) is 5.32 Å². The van der Waals surface area contributed by atoms with Crippen LogP contribution in [0.25, 0.3) is 0 Å². The number of hydrogen-bond acceptors (Lipinski definition) is 5. The van der Waals surface area contributed by atoms with Crippen molar-refractivity contribution in [3.05, 3.63) is 53.6 Å². The molecule has 0 fully saturated rings. The number of phenols is 1. The lowest BCUT2D eigenvalue weighted by Gasteiger charge is -2.17. The highest BCUT2D eigenvalue weighted by Gasteiger charge is 2.20. The summed E-state index contributed by atoms with van der Waals surface area (Å²) in [5.41, 5.74) is 0.621. The van der Waals surface area contributed by atoms with Crippen molar-refractivity contribution in [1.29, 1.82) is 0 Å². The highest BCUT2D eigenvalue weighted by atomic mass is 16.5. The number of benzene rings is 2. The van der Waals surface area contributed by atoms with E-state index in [0.717, 1.165) is 5.56 Å². The fourth-order valence-electron chi connectivity index (χ4n) is 2.35. The van der Waals surface area contributed by atoms with Crippen LogP contribution in [0.15, 0.2) is 42.5 Å². The first-order chi connectivity index (χ1) is 12.9. The quantitative estimate of drug-likeness (QED) is 0.459. The van der Waals surface area contributed by atoms with Gasteiger partial charge in [0, 0.05) is 0 Å². The zero-order valence-electron chi connectivity index (χ0n) is 15.3. The Morgan fingerprint density at radius 1 is 1.11 bits per heavy atom. The van der Waals surface area contributed by atoms with Crippen LogP contribution in [0.2, 0.25) is 0 Å². The van der Waals surface area contributed by atoms with Crippen LogP contribution >= 0.6 is 0 Å². The maximum absolute atomic E-state index is 12.2. The standard InChI is InChI=1S/C20H23NO6/c1-13(2)27-16-9-8-15(20(24)25)19(23)18(16)21-17(22)10-11-26-12-14-6-4-3-5-7-14/h3-9,13,23H,10-12H2,1-2H3,(H,21,22)(H,24,25). The van der Waals surface area contributed by atoms with Crippen LogP contribution in [0.4, 0.5) is 5.69 Å². The highest BCUT2D eigenvalue weighted by Crippen LogP contribution is 2.37. The third kappa shape index (κ3) is 6.00. The molecular formula is C20H23NO6. The van der Waals surface area contributed by atoms with Crippen molar-refractivity contribution in [3.63, 3.8) is 0 Å². The van der Waals surface area contributed by atoms with E-state index in [9.17, 15) is 14.7 Å². The van der Waals surface area contributed by atoms with Gasteiger partial charge in [-0.3, -0.25) is 4.79 Å². The van der Waals surface area contributed by atoms with Gasteiger partial charge in [-0.2, -0.15) is 0 Å². The summed E-state index contributed by atoms with van der Waals surface area (Å²) in [5.74, 6) is -2.06. The van der Waals surface area contributed by atoms with Crippen LogP contribution in [0.5, 0.6) is 11.5 Å². The molecule has 0 heterocycles. The van der Waals surface area contributed by atoms with Crippen molar-refractivity contribution < 1.29 is 29.3 Å². The Morgan fingerprint density at radius 2 is 1.81 bits per heavy atom. The Hall–Kier alpha value is -3.06. The first kappa shape index (κ1) is 20.3. The Balaban J connectivity index is 2.00. The number of rotatable bonds is 9. The van der Waals surface area contributed by atoms with Gasteiger partial charge in [0.15, 0.2) is 5.75 Å². The molecule has 0 spiro atoms. The first-order valence-electron chi connectivity index (χ1n) is 8.56. The number of nitrogens with one attached hydrogen (secondary N) is 1. The van der Waals surface area contributed by atoms with Crippen LogP contribution in [0.3, 0.4) is 0 Å². The van der Waals surface area contributed by atoms with Gasteiger partial charge < -0.3 is 25.0 Å². The topological polar surface area (TPSA) is 105 Å². The fourth-order valence-corrected chi connectivity index (χ4v) is 2.35. The van der Waals surface area contributed by atoms with E-state index in [4.69, 9.17) is 14.6 Å². The molecule has 0 saturated carbocycles. The largest absolute Gasteiger partial charge is 0.505 e. The van der Waals surface area contributed by atoms with Gasteiger partial charge in [0.25, 0.3) is 0 Å². The number of carbonyl (C=O) groups excluding carboxylic acids is 1. The minimum atomic E-state index is -1.30. The molecule has 2 rings (SSSR count). The number of aromatic hydroxyl groups is 1. The van der Waals surface area contributed by atoms with Gasteiger partial charge in [0.05, 0.1) is 25.7 Å². The second-order valence-corrected chi connectivity index (χ2v) is 6.14. The molecule has 0 radical (unpaired) electrons. The normalized spacial score (nSPS) is 10.6. The van der Waals surface area contributed by atoms with Gasteiger partial charge >= 0.3 is 5.97 Å². The smallest absolute Gasteiger partial charge is 0.339 e. The van der Waals surface area contributed by atoms with E-state index in [1.807, 2.05) is 30.3 Å². The molecule has 0 atom stereocenters. The summed E-state index contributed by atoms with van der Waals surface area (Å²) in [6, 6.07) is 12.2. The molecule has 0 aromatic heterocycles. The van der Waals surface area contributed by atoms with E-state index < -0.39 is 17.6 Å². The second kappa shape index (κ2) is 9.59. The molecule has 144 valence electrons. The molecule has 1 amide bonds. The fraction of sp³-hybridized carbons (Fsp3) is 0.300. The van der Waals surface area contributed by atoms with Crippen molar-refractivity contribution in [1.82, 2.24) is 0 Å². The number of carboxylic acid groups (broad SMARTS) is 1. The zero-order valence-corrected chi connectivity index (χ0v) is 15.3. The minimum absolute atomic E-state index is 0.0463. The number of anilines is 1. The average Bonchev–Trinajstić information content (AvgIpc) is 2.62. The average molecular weight is 373 g/mol.